The second-order valence-corrected chi connectivity index (χ2v) is 9.27. The van der Waals surface area contributed by atoms with Crippen molar-refractivity contribution in [2.24, 2.45) is 0 Å². The van der Waals surface area contributed by atoms with Crippen LogP contribution in [0.4, 0.5) is 5.82 Å². The second kappa shape index (κ2) is 13.9. The number of allylic oxidation sites excluding steroid dienone is 5. The summed E-state index contributed by atoms with van der Waals surface area (Å²) in [5.74, 6) is 0.596. The summed E-state index contributed by atoms with van der Waals surface area (Å²) in [6.07, 6.45) is 11.1. The number of likely N-dealkylation sites (N-methyl/N-ethyl adjacent to an activating group) is 1. The van der Waals surface area contributed by atoms with E-state index in [-0.39, 0.29) is 24.8 Å². The molecular weight excluding hydrogens is 454 g/mol. The van der Waals surface area contributed by atoms with Gasteiger partial charge in [0.15, 0.2) is 0 Å². The fourth-order valence-electron chi connectivity index (χ4n) is 4.50. The molecule has 0 bridgehead atoms. The van der Waals surface area contributed by atoms with E-state index in [1.807, 2.05) is 46.0 Å². The summed E-state index contributed by atoms with van der Waals surface area (Å²) in [7, 11) is 2.01. The number of hydrogen-bond acceptors (Lipinski definition) is 6. The molecule has 2 aliphatic heterocycles. The number of carbonyl (C=O) groups is 2. The molecule has 0 saturated carbocycles. The van der Waals surface area contributed by atoms with Crippen molar-refractivity contribution in [1.29, 1.82) is 0 Å². The van der Waals surface area contributed by atoms with Gasteiger partial charge < -0.3 is 20.3 Å². The Morgan fingerprint density at radius 1 is 1.22 bits per heavy atom. The Kier molecular flexibility index (Phi) is 10.7. The highest BCUT2D eigenvalue weighted by Crippen LogP contribution is 2.31. The molecule has 2 N–H and O–H groups in total. The van der Waals surface area contributed by atoms with Crippen LogP contribution >= 0.6 is 0 Å². The zero-order valence-corrected chi connectivity index (χ0v) is 22.2. The summed E-state index contributed by atoms with van der Waals surface area (Å²) in [6.45, 7) is 11.6. The number of ether oxygens (including phenoxy) is 1. The van der Waals surface area contributed by atoms with Crippen molar-refractivity contribution < 1.29 is 14.3 Å². The van der Waals surface area contributed by atoms with Gasteiger partial charge in [-0.25, -0.2) is 4.98 Å². The van der Waals surface area contributed by atoms with Gasteiger partial charge in [0.25, 0.3) is 5.91 Å². The number of anilines is 1. The van der Waals surface area contributed by atoms with E-state index in [9.17, 15) is 9.59 Å². The third-order valence-corrected chi connectivity index (χ3v) is 6.51. The third-order valence-electron chi connectivity index (χ3n) is 6.51. The molecule has 1 aromatic rings. The van der Waals surface area contributed by atoms with Crippen molar-refractivity contribution in [3.8, 4) is 0 Å². The van der Waals surface area contributed by atoms with Gasteiger partial charge in [0.2, 0.25) is 5.91 Å². The lowest BCUT2D eigenvalue weighted by atomic mass is 10.0. The molecule has 1 saturated heterocycles. The van der Waals surface area contributed by atoms with Gasteiger partial charge >= 0.3 is 0 Å². The second-order valence-electron chi connectivity index (χ2n) is 9.27. The molecule has 0 unspecified atom stereocenters. The lowest BCUT2D eigenvalue weighted by Gasteiger charge is -2.25. The smallest absolute Gasteiger partial charge is 0.251 e. The molecule has 8 nitrogen and oxygen atoms in total. The number of morpholine rings is 1. The van der Waals surface area contributed by atoms with Crippen molar-refractivity contribution in [2.45, 2.75) is 46.5 Å². The maximum absolute atomic E-state index is 13.2. The van der Waals surface area contributed by atoms with Gasteiger partial charge in [-0.2, -0.15) is 0 Å². The quantitative estimate of drug-likeness (QED) is 0.458. The molecule has 36 heavy (non-hydrogen) atoms. The third kappa shape index (κ3) is 7.77. The van der Waals surface area contributed by atoms with Crippen LogP contribution in [0.3, 0.4) is 0 Å². The van der Waals surface area contributed by atoms with Crippen LogP contribution in [0.15, 0.2) is 36.1 Å². The maximum atomic E-state index is 13.2. The zero-order valence-electron chi connectivity index (χ0n) is 22.2. The minimum absolute atomic E-state index is 0.101. The molecule has 3 rings (SSSR count). The zero-order chi connectivity index (χ0) is 25.9. The first kappa shape index (κ1) is 27.6. The lowest BCUT2D eigenvalue weighted by molar-refractivity contribution is -0.120. The van der Waals surface area contributed by atoms with Crippen LogP contribution in [0.5, 0.6) is 0 Å². The van der Waals surface area contributed by atoms with E-state index in [1.165, 1.54) is 0 Å². The van der Waals surface area contributed by atoms with E-state index in [0.29, 0.717) is 5.56 Å². The summed E-state index contributed by atoms with van der Waals surface area (Å²) < 4.78 is 5.42. The molecule has 0 atom stereocenters. The average Bonchev–Trinajstić information content (AvgIpc) is 3.24. The molecule has 196 valence electrons. The number of pyridine rings is 1. The Morgan fingerprint density at radius 3 is 2.72 bits per heavy atom. The summed E-state index contributed by atoms with van der Waals surface area (Å²) in [4.78, 5) is 34.7. The predicted molar refractivity (Wildman–Crippen MR) is 145 cm³/mol. The number of carbonyl (C=O) groups excluding carboxylic acids is 2. The molecule has 2 aliphatic rings. The molecule has 8 heteroatoms. The maximum Gasteiger partial charge on any atom is 0.251 e. The fourth-order valence-corrected chi connectivity index (χ4v) is 4.50. The van der Waals surface area contributed by atoms with Gasteiger partial charge in [0.1, 0.15) is 5.82 Å². The molecule has 0 aromatic carbocycles. The summed E-state index contributed by atoms with van der Waals surface area (Å²) in [6, 6.07) is 1.89. The van der Waals surface area contributed by atoms with Gasteiger partial charge in [-0.15, -0.1) is 0 Å². The van der Waals surface area contributed by atoms with Gasteiger partial charge in [0.05, 0.1) is 18.9 Å². The summed E-state index contributed by atoms with van der Waals surface area (Å²) in [5, 5.41) is 5.78. The molecule has 0 spiro atoms. The highest BCUT2D eigenvalue weighted by atomic mass is 16.5. The Morgan fingerprint density at radius 2 is 2.00 bits per heavy atom. The largest absolute Gasteiger partial charge is 0.379 e. The van der Waals surface area contributed by atoms with Crippen LogP contribution in [0.1, 0.15) is 61.6 Å². The average molecular weight is 496 g/mol. The number of fused-ring (bicyclic) bond motifs is 1. The number of amides is 2. The lowest BCUT2D eigenvalue weighted by Crippen LogP contribution is -2.36. The van der Waals surface area contributed by atoms with Gasteiger partial charge in [-0.05, 0) is 44.7 Å². The highest BCUT2D eigenvalue weighted by molar-refractivity contribution is 5.98. The van der Waals surface area contributed by atoms with Crippen LogP contribution in [0.2, 0.25) is 0 Å². The van der Waals surface area contributed by atoms with Crippen molar-refractivity contribution in [2.75, 3.05) is 57.9 Å². The standard InChI is InChI=1S/C28H41N5O3/c1-5-9-21(3)30-26(34)11-13-29-28(35)24-20-25(31-27-23(24)12-15-32(27)4)22(6-2)10-7-8-14-33-16-18-36-19-17-33/h6-7,9-10,20H,5,8,11-19H2,1-4H3,(H,29,35)(H,30,34)/b10-7-,21-9-,22-6+. The minimum atomic E-state index is -0.162. The predicted octanol–water partition coefficient (Wildman–Crippen LogP) is 3.31. The number of nitrogens with one attached hydrogen (secondary N) is 2. The first-order valence-electron chi connectivity index (χ1n) is 13.1. The van der Waals surface area contributed by atoms with Crippen molar-refractivity contribution in [1.82, 2.24) is 20.5 Å². The fraction of sp³-hybridized carbons (Fsp3) is 0.536. The highest BCUT2D eigenvalue weighted by Gasteiger charge is 2.25. The molecule has 0 aliphatic carbocycles. The number of rotatable bonds is 11. The Labute approximate surface area is 215 Å². The molecule has 1 fully saturated rings. The van der Waals surface area contributed by atoms with E-state index >= 15 is 0 Å². The van der Waals surface area contributed by atoms with E-state index in [0.717, 1.165) is 87.0 Å². The van der Waals surface area contributed by atoms with Gasteiger partial charge in [0, 0.05) is 63.0 Å². The molecule has 3 heterocycles. The Hall–Kier alpha value is -2.97. The Balaban J connectivity index is 1.66. The van der Waals surface area contributed by atoms with Crippen LogP contribution < -0.4 is 15.5 Å². The SMILES string of the molecule is C/C=C(\C=C/CCN1CCOCC1)c1cc(C(=O)NCCC(=O)N/C(C)=C\CC)c2c(n1)N(C)CC2. The summed E-state index contributed by atoms with van der Waals surface area (Å²) in [5.41, 5.74) is 4.23. The van der Waals surface area contributed by atoms with Crippen LogP contribution in [0.25, 0.3) is 5.57 Å². The number of aromatic nitrogens is 1. The first-order valence-corrected chi connectivity index (χ1v) is 13.1. The van der Waals surface area contributed by atoms with Crippen molar-refractivity contribution in [3.05, 3.63) is 52.9 Å². The molecular formula is C28H41N5O3. The van der Waals surface area contributed by atoms with Crippen LogP contribution in [-0.4, -0.2) is 74.7 Å². The van der Waals surface area contributed by atoms with Crippen molar-refractivity contribution in [3.63, 3.8) is 0 Å². The van der Waals surface area contributed by atoms with E-state index < -0.39 is 0 Å². The minimum Gasteiger partial charge on any atom is -0.379 e. The molecule has 1 aromatic heterocycles. The first-order chi connectivity index (χ1) is 17.4. The normalized spacial score (nSPS) is 16.9. The topological polar surface area (TPSA) is 86.8 Å². The van der Waals surface area contributed by atoms with Crippen LogP contribution in [0, 0.1) is 0 Å². The molecule has 2 amide bonds. The van der Waals surface area contributed by atoms with E-state index in [4.69, 9.17) is 9.72 Å². The van der Waals surface area contributed by atoms with E-state index in [2.05, 4.69) is 32.6 Å². The van der Waals surface area contributed by atoms with Crippen LogP contribution in [-0.2, 0) is 16.0 Å². The monoisotopic (exact) mass is 495 g/mol. The van der Waals surface area contributed by atoms with Gasteiger partial charge in [-0.1, -0.05) is 31.2 Å². The van der Waals surface area contributed by atoms with Gasteiger partial charge in [-0.3, -0.25) is 14.5 Å². The van der Waals surface area contributed by atoms with Crippen molar-refractivity contribution >= 4 is 23.2 Å². The Bertz CT molecular complexity index is 1010. The summed E-state index contributed by atoms with van der Waals surface area (Å²) >= 11 is 0. The number of nitrogens with zero attached hydrogens (tertiary/aromatic N) is 3. The van der Waals surface area contributed by atoms with E-state index in [1.54, 1.807) is 0 Å². The number of hydrogen-bond donors (Lipinski definition) is 2. The molecule has 0 radical (unpaired) electrons.